The van der Waals surface area contributed by atoms with E-state index in [9.17, 15) is 9.59 Å². The lowest BCUT2D eigenvalue weighted by Crippen LogP contribution is -2.23. The van der Waals surface area contributed by atoms with Gasteiger partial charge in [-0.1, -0.05) is 30.3 Å². The van der Waals surface area contributed by atoms with Gasteiger partial charge in [0.25, 0.3) is 5.91 Å². The first-order valence-corrected chi connectivity index (χ1v) is 13.0. The van der Waals surface area contributed by atoms with Crippen molar-refractivity contribution in [2.45, 2.75) is 46.5 Å². The topological polar surface area (TPSA) is 110 Å². The number of benzene rings is 2. The smallest absolute Gasteiger partial charge is 0.291 e. The second-order valence-corrected chi connectivity index (χ2v) is 9.96. The number of furan rings is 2. The van der Waals surface area contributed by atoms with Crippen LogP contribution in [0.1, 0.15) is 57.0 Å². The molecule has 2 aromatic carbocycles. The molecule has 8 heteroatoms. The van der Waals surface area contributed by atoms with E-state index >= 15 is 0 Å². The maximum Gasteiger partial charge on any atom is 0.291 e. The minimum atomic E-state index is -0.346. The number of hydrazone groups is 1. The Morgan fingerprint density at radius 3 is 2.74 bits per heavy atom. The zero-order chi connectivity index (χ0) is 27.1. The normalized spacial score (nSPS) is 14.1. The Labute approximate surface area is 225 Å². The molecule has 39 heavy (non-hydrogen) atoms. The fourth-order valence-corrected chi connectivity index (χ4v) is 5.25. The van der Waals surface area contributed by atoms with Gasteiger partial charge in [-0.3, -0.25) is 14.6 Å². The van der Waals surface area contributed by atoms with Crippen LogP contribution in [0.3, 0.4) is 0 Å². The zero-order valence-corrected chi connectivity index (χ0v) is 22.1. The summed E-state index contributed by atoms with van der Waals surface area (Å²) < 4.78 is 11.8. The van der Waals surface area contributed by atoms with Gasteiger partial charge in [0.05, 0.1) is 29.6 Å². The van der Waals surface area contributed by atoms with E-state index in [0.29, 0.717) is 41.1 Å². The fourth-order valence-electron chi connectivity index (χ4n) is 5.25. The van der Waals surface area contributed by atoms with Crippen LogP contribution in [-0.4, -0.2) is 22.5 Å². The average Bonchev–Trinajstić information content (AvgIpc) is 3.51. The summed E-state index contributed by atoms with van der Waals surface area (Å²) in [7, 11) is 0. The summed E-state index contributed by atoms with van der Waals surface area (Å²) in [5.74, 6) is 0.364. The second-order valence-electron chi connectivity index (χ2n) is 9.96. The van der Waals surface area contributed by atoms with Crippen molar-refractivity contribution in [3.05, 3.63) is 94.3 Å². The molecule has 0 radical (unpaired) electrons. The maximum absolute atomic E-state index is 13.2. The molecule has 0 spiro atoms. The number of hydrogen-bond donors (Lipinski definition) is 2. The van der Waals surface area contributed by atoms with Crippen LogP contribution >= 0.6 is 0 Å². The van der Waals surface area contributed by atoms with Crippen molar-refractivity contribution in [3.8, 4) is 0 Å². The number of pyridine rings is 1. The molecule has 0 fully saturated rings. The highest BCUT2D eigenvalue weighted by atomic mass is 16.4. The molecule has 1 aliphatic rings. The third-order valence-corrected chi connectivity index (χ3v) is 7.42. The number of rotatable bonds is 5. The minimum Gasteiger partial charge on any atom is -0.464 e. The third-order valence-electron chi connectivity index (χ3n) is 7.42. The number of carbonyl (C=O) groups excluding carboxylic acids is 2. The van der Waals surface area contributed by atoms with Crippen LogP contribution in [0.5, 0.6) is 0 Å². The van der Waals surface area contributed by atoms with E-state index in [1.165, 1.54) is 0 Å². The zero-order valence-electron chi connectivity index (χ0n) is 22.1. The minimum absolute atomic E-state index is 0.149. The number of fused-ring (bicyclic) bond motifs is 3. The molecule has 0 bridgehead atoms. The summed E-state index contributed by atoms with van der Waals surface area (Å²) in [6.07, 6.45) is 5.67. The molecule has 0 atom stereocenters. The molecule has 2 N–H and O–H groups in total. The van der Waals surface area contributed by atoms with Gasteiger partial charge < -0.3 is 14.2 Å². The Bertz CT molecular complexity index is 1790. The number of hydrogen-bond acceptors (Lipinski definition) is 6. The maximum atomic E-state index is 13.2. The molecular formula is C31H28N4O4. The second kappa shape index (κ2) is 9.87. The van der Waals surface area contributed by atoms with Crippen LogP contribution < -0.4 is 10.7 Å². The Hall–Kier alpha value is -4.72. The predicted molar refractivity (Wildman–Crippen MR) is 150 cm³/mol. The summed E-state index contributed by atoms with van der Waals surface area (Å²) >= 11 is 0. The first kappa shape index (κ1) is 24.6. The molecule has 196 valence electrons. The molecular weight excluding hydrogens is 492 g/mol. The molecule has 3 heterocycles. The Kier molecular flexibility index (Phi) is 6.23. The number of carbonyl (C=O) groups is 2. The number of aryl methyl sites for hydroxylation is 3. The molecule has 5 aromatic rings. The van der Waals surface area contributed by atoms with Gasteiger partial charge in [-0.2, -0.15) is 5.10 Å². The first-order chi connectivity index (χ1) is 18.9. The first-order valence-electron chi connectivity index (χ1n) is 13.0. The quantitative estimate of drug-likeness (QED) is 0.270. The van der Waals surface area contributed by atoms with Crippen molar-refractivity contribution in [2.24, 2.45) is 5.10 Å². The highest BCUT2D eigenvalue weighted by Gasteiger charge is 2.28. The Morgan fingerprint density at radius 2 is 1.87 bits per heavy atom. The van der Waals surface area contributed by atoms with Gasteiger partial charge in [-0.05, 0) is 56.9 Å². The Balaban J connectivity index is 1.21. The predicted octanol–water partition coefficient (Wildman–Crippen LogP) is 6.15. The van der Waals surface area contributed by atoms with E-state index in [2.05, 4.69) is 20.8 Å². The molecule has 6 rings (SSSR count). The van der Waals surface area contributed by atoms with Crippen LogP contribution in [0.15, 0.2) is 68.9 Å². The lowest BCUT2D eigenvalue weighted by atomic mass is 9.93. The third kappa shape index (κ3) is 4.48. The standard InChI is InChI=1S/C31H28N4O4/c1-17-12-13-22-21(16-38-29(22)18(17)2)15-26(36)35-34-23-9-5-11-25-27(23)19(3)30(39-25)31(37)33-24-10-4-7-20-8-6-14-32-28(20)24/h4,6-8,10,12-14,16H,5,9,11,15H2,1-3H3,(H,33,37)(H,35,36)/b34-23+. The van der Waals surface area contributed by atoms with Crippen molar-refractivity contribution < 1.29 is 18.4 Å². The van der Waals surface area contributed by atoms with Gasteiger partial charge in [0.1, 0.15) is 11.3 Å². The lowest BCUT2D eigenvalue weighted by Gasteiger charge is -2.13. The highest BCUT2D eigenvalue weighted by molar-refractivity contribution is 6.11. The molecule has 8 nitrogen and oxygen atoms in total. The van der Waals surface area contributed by atoms with Gasteiger partial charge in [0.15, 0.2) is 5.76 Å². The van der Waals surface area contributed by atoms with Crippen molar-refractivity contribution >= 4 is 45.1 Å². The highest BCUT2D eigenvalue weighted by Crippen LogP contribution is 2.31. The van der Waals surface area contributed by atoms with Crippen molar-refractivity contribution in [1.82, 2.24) is 10.4 Å². The van der Waals surface area contributed by atoms with Crippen LogP contribution in [0.25, 0.3) is 21.9 Å². The van der Waals surface area contributed by atoms with Gasteiger partial charge >= 0.3 is 0 Å². The molecule has 0 aliphatic heterocycles. The molecule has 0 unspecified atom stereocenters. The van der Waals surface area contributed by atoms with E-state index < -0.39 is 0 Å². The molecule has 0 saturated heterocycles. The number of anilines is 1. The van der Waals surface area contributed by atoms with E-state index in [1.54, 1.807) is 12.5 Å². The number of nitrogens with one attached hydrogen (secondary N) is 2. The van der Waals surface area contributed by atoms with Crippen LogP contribution in [0.2, 0.25) is 0 Å². The van der Waals surface area contributed by atoms with Crippen LogP contribution in [0, 0.1) is 20.8 Å². The van der Waals surface area contributed by atoms with E-state index in [4.69, 9.17) is 8.83 Å². The largest absolute Gasteiger partial charge is 0.464 e. The molecule has 1 aliphatic carbocycles. The Morgan fingerprint density at radius 1 is 1.03 bits per heavy atom. The van der Waals surface area contributed by atoms with Crippen molar-refractivity contribution in [1.29, 1.82) is 0 Å². The number of amides is 2. The van der Waals surface area contributed by atoms with Gasteiger partial charge in [0, 0.05) is 40.1 Å². The van der Waals surface area contributed by atoms with Gasteiger partial charge in [-0.15, -0.1) is 0 Å². The number of aromatic nitrogens is 1. The van der Waals surface area contributed by atoms with E-state index in [-0.39, 0.29) is 24.0 Å². The number of para-hydroxylation sites is 1. The summed E-state index contributed by atoms with van der Waals surface area (Å²) in [4.78, 5) is 30.5. The van der Waals surface area contributed by atoms with Crippen LogP contribution in [-0.2, 0) is 17.6 Å². The average molecular weight is 521 g/mol. The summed E-state index contributed by atoms with van der Waals surface area (Å²) in [6.45, 7) is 5.90. The number of nitrogens with zero attached hydrogens (tertiary/aromatic N) is 2. The van der Waals surface area contributed by atoms with Crippen LogP contribution in [0.4, 0.5) is 5.69 Å². The summed E-state index contributed by atoms with van der Waals surface area (Å²) in [6, 6.07) is 13.5. The van der Waals surface area contributed by atoms with Gasteiger partial charge in [0.2, 0.25) is 5.91 Å². The molecule has 3 aromatic heterocycles. The fraction of sp³-hybridized carbons (Fsp3) is 0.226. The monoisotopic (exact) mass is 520 g/mol. The lowest BCUT2D eigenvalue weighted by molar-refractivity contribution is -0.120. The summed E-state index contributed by atoms with van der Waals surface area (Å²) in [5.41, 5.74) is 10.1. The van der Waals surface area contributed by atoms with E-state index in [1.807, 2.05) is 63.2 Å². The van der Waals surface area contributed by atoms with E-state index in [0.717, 1.165) is 45.0 Å². The van der Waals surface area contributed by atoms with Crippen molar-refractivity contribution in [3.63, 3.8) is 0 Å². The molecule has 2 amide bonds. The van der Waals surface area contributed by atoms with Crippen molar-refractivity contribution in [2.75, 3.05) is 5.32 Å². The SMILES string of the molecule is Cc1ccc2c(CC(=O)N/N=C3\CCCc4oc(C(=O)Nc5cccc6cccnc56)c(C)c43)coc2c1C. The van der Waals surface area contributed by atoms with Gasteiger partial charge in [-0.25, -0.2) is 5.43 Å². The molecule has 0 saturated carbocycles. The summed E-state index contributed by atoms with van der Waals surface area (Å²) in [5, 5.41) is 9.28.